The molecule has 0 unspecified atom stereocenters. The van der Waals surface area contributed by atoms with Gasteiger partial charge in [-0.2, -0.15) is 0 Å². The van der Waals surface area contributed by atoms with Crippen molar-refractivity contribution in [1.29, 1.82) is 0 Å². The smallest absolute Gasteiger partial charge is 0.343 e. The summed E-state index contributed by atoms with van der Waals surface area (Å²) in [4.78, 5) is 20.8. The summed E-state index contributed by atoms with van der Waals surface area (Å²) < 4.78 is 12.5. The monoisotopic (exact) mass is 357 g/mol. The molecule has 26 heavy (non-hydrogen) atoms. The number of anilines is 1. The van der Waals surface area contributed by atoms with Crippen LogP contribution in [-0.4, -0.2) is 46.7 Å². The van der Waals surface area contributed by atoms with Crippen molar-refractivity contribution in [3.05, 3.63) is 59.2 Å². The number of hydrogen-bond acceptors (Lipinski definition) is 7. The number of aliphatic imine (C=N–C) groups is 1. The van der Waals surface area contributed by atoms with Crippen LogP contribution in [0.15, 0.2) is 48.2 Å². The maximum absolute atomic E-state index is 11.0. The second-order valence-electron chi connectivity index (χ2n) is 5.57. The third-order valence-corrected chi connectivity index (χ3v) is 3.98. The van der Waals surface area contributed by atoms with Gasteiger partial charge in [-0.3, -0.25) is 0 Å². The zero-order chi connectivity index (χ0) is 18.5. The summed E-state index contributed by atoms with van der Waals surface area (Å²) in [7, 11) is 1.53. The standard InChI is InChI=1S/C17H19N5O4/c1-3-18-17(16-19-12-15(20(16)2)22(23)24)26-14-6-4-13(5-7-14)21-8-10-25-11-9-21/h3-7,12H,1,8-11H2,2H3. The lowest BCUT2D eigenvalue weighted by Crippen LogP contribution is -2.36. The molecule has 9 nitrogen and oxygen atoms in total. The van der Waals surface area contributed by atoms with Crippen LogP contribution in [0, 0.1) is 10.1 Å². The van der Waals surface area contributed by atoms with Gasteiger partial charge in [0, 0.05) is 25.0 Å². The van der Waals surface area contributed by atoms with Crippen LogP contribution in [0.2, 0.25) is 0 Å². The molecule has 0 saturated carbocycles. The minimum absolute atomic E-state index is 0.134. The number of rotatable bonds is 5. The van der Waals surface area contributed by atoms with E-state index in [1.165, 1.54) is 24.0 Å². The van der Waals surface area contributed by atoms with E-state index in [0.29, 0.717) is 19.0 Å². The molecular formula is C17H19N5O4. The number of nitrogens with zero attached hydrogens (tertiary/aromatic N) is 5. The first-order valence-electron chi connectivity index (χ1n) is 8.06. The van der Waals surface area contributed by atoms with E-state index in [2.05, 4.69) is 21.5 Å². The maximum Gasteiger partial charge on any atom is 0.343 e. The molecule has 9 heteroatoms. The van der Waals surface area contributed by atoms with Crippen LogP contribution in [-0.2, 0) is 11.8 Å². The van der Waals surface area contributed by atoms with Gasteiger partial charge in [-0.05, 0) is 29.2 Å². The van der Waals surface area contributed by atoms with Crippen molar-refractivity contribution in [2.24, 2.45) is 12.0 Å². The maximum atomic E-state index is 11.0. The summed E-state index contributed by atoms with van der Waals surface area (Å²) >= 11 is 0. The molecule has 0 spiro atoms. The molecule has 0 atom stereocenters. The molecule has 1 saturated heterocycles. The first-order chi connectivity index (χ1) is 12.6. The second kappa shape index (κ2) is 7.79. The lowest BCUT2D eigenvalue weighted by molar-refractivity contribution is -0.391. The number of hydrogen-bond donors (Lipinski definition) is 0. The van der Waals surface area contributed by atoms with Crippen LogP contribution in [0.5, 0.6) is 5.75 Å². The Hall–Kier alpha value is -3.20. The Morgan fingerprint density at radius 2 is 2.08 bits per heavy atom. The summed E-state index contributed by atoms with van der Waals surface area (Å²) in [5.74, 6) is 0.778. The van der Waals surface area contributed by atoms with Crippen molar-refractivity contribution < 1.29 is 14.4 Å². The van der Waals surface area contributed by atoms with Crippen molar-refractivity contribution in [2.45, 2.75) is 0 Å². The molecule has 1 aliphatic rings. The van der Waals surface area contributed by atoms with Gasteiger partial charge in [0.1, 0.15) is 11.9 Å². The van der Waals surface area contributed by atoms with E-state index in [9.17, 15) is 10.1 Å². The Morgan fingerprint density at radius 1 is 1.38 bits per heavy atom. The van der Waals surface area contributed by atoms with Gasteiger partial charge in [-0.25, -0.2) is 14.5 Å². The fourth-order valence-electron chi connectivity index (χ4n) is 2.64. The molecule has 1 aromatic heterocycles. The third-order valence-electron chi connectivity index (χ3n) is 3.98. The normalized spacial score (nSPS) is 15.0. The van der Waals surface area contributed by atoms with Crippen LogP contribution >= 0.6 is 0 Å². The topological polar surface area (TPSA) is 95.0 Å². The van der Waals surface area contributed by atoms with Crippen molar-refractivity contribution in [1.82, 2.24) is 9.55 Å². The molecule has 2 heterocycles. The number of imidazole rings is 1. The lowest BCUT2D eigenvalue weighted by atomic mass is 10.2. The number of nitro groups is 1. The molecular weight excluding hydrogens is 338 g/mol. The van der Waals surface area contributed by atoms with E-state index in [0.717, 1.165) is 18.8 Å². The Kier molecular flexibility index (Phi) is 5.28. The SMILES string of the molecule is C=CN=C(Oc1ccc(N2CCOCC2)cc1)c1ncc([N+](=O)[O-])n1C. The first kappa shape index (κ1) is 17.6. The van der Waals surface area contributed by atoms with Gasteiger partial charge in [0.2, 0.25) is 0 Å². The molecule has 0 radical (unpaired) electrons. The van der Waals surface area contributed by atoms with Gasteiger partial charge in [-0.15, -0.1) is 0 Å². The van der Waals surface area contributed by atoms with E-state index < -0.39 is 4.92 Å². The van der Waals surface area contributed by atoms with Crippen LogP contribution in [0.25, 0.3) is 0 Å². The fraction of sp³-hybridized carbons (Fsp3) is 0.294. The van der Waals surface area contributed by atoms with E-state index in [4.69, 9.17) is 9.47 Å². The van der Waals surface area contributed by atoms with Gasteiger partial charge in [-0.1, -0.05) is 6.58 Å². The number of aromatic nitrogens is 2. The van der Waals surface area contributed by atoms with Crippen LogP contribution in [0.1, 0.15) is 5.82 Å². The molecule has 136 valence electrons. The number of benzene rings is 1. The highest BCUT2D eigenvalue weighted by Crippen LogP contribution is 2.22. The zero-order valence-corrected chi connectivity index (χ0v) is 14.4. The lowest BCUT2D eigenvalue weighted by Gasteiger charge is -2.28. The predicted octanol–water partition coefficient (Wildman–Crippen LogP) is 2.13. The molecule has 0 bridgehead atoms. The van der Waals surface area contributed by atoms with Gasteiger partial charge in [0.25, 0.3) is 11.7 Å². The van der Waals surface area contributed by atoms with Crippen LogP contribution in [0.4, 0.5) is 11.5 Å². The second-order valence-corrected chi connectivity index (χ2v) is 5.57. The minimum Gasteiger partial charge on any atom is -0.434 e. The van der Waals surface area contributed by atoms with E-state index in [1.54, 1.807) is 0 Å². The van der Waals surface area contributed by atoms with E-state index in [1.807, 2.05) is 24.3 Å². The fourth-order valence-corrected chi connectivity index (χ4v) is 2.64. The summed E-state index contributed by atoms with van der Waals surface area (Å²) in [6.45, 7) is 6.68. The average molecular weight is 357 g/mol. The van der Waals surface area contributed by atoms with Crippen molar-refractivity contribution in [2.75, 3.05) is 31.2 Å². The van der Waals surface area contributed by atoms with E-state index in [-0.39, 0.29) is 17.5 Å². The molecule has 1 aromatic carbocycles. The van der Waals surface area contributed by atoms with Crippen molar-refractivity contribution in [3.63, 3.8) is 0 Å². The summed E-state index contributed by atoms with van der Waals surface area (Å²) in [6.07, 6.45) is 2.47. The molecule has 0 N–H and O–H groups in total. The quantitative estimate of drug-likeness (QED) is 0.352. The summed E-state index contributed by atoms with van der Waals surface area (Å²) in [5, 5.41) is 11.0. The number of morpholine rings is 1. The van der Waals surface area contributed by atoms with Crippen LogP contribution < -0.4 is 9.64 Å². The van der Waals surface area contributed by atoms with Crippen molar-refractivity contribution >= 4 is 17.4 Å². The Labute approximate surface area is 150 Å². The summed E-state index contributed by atoms with van der Waals surface area (Å²) in [5.41, 5.74) is 1.08. The molecule has 1 fully saturated rings. The minimum atomic E-state index is -0.515. The third kappa shape index (κ3) is 3.72. The van der Waals surface area contributed by atoms with Crippen LogP contribution in [0.3, 0.4) is 0 Å². The van der Waals surface area contributed by atoms with Gasteiger partial charge in [0.05, 0.1) is 20.3 Å². The highest BCUT2D eigenvalue weighted by atomic mass is 16.6. The van der Waals surface area contributed by atoms with Gasteiger partial charge >= 0.3 is 5.82 Å². The highest BCUT2D eigenvalue weighted by molar-refractivity contribution is 5.93. The Bertz CT molecular complexity index is 822. The Balaban J connectivity index is 1.79. The zero-order valence-electron chi connectivity index (χ0n) is 14.4. The van der Waals surface area contributed by atoms with Gasteiger partial charge in [0.15, 0.2) is 0 Å². The Morgan fingerprint density at radius 3 is 2.65 bits per heavy atom. The predicted molar refractivity (Wildman–Crippen MR) is 96.7 cm³/mol. The molecule has 0 amide bonds. The summed E-state index contributed by atoms with van der Waals surface area (Å²) in [6, 6.07) is 7.54. The molecule has 3 rings (SSSR count). The number of ether oxygens (including phenoxy) is 2. The molecule has 0 aliphatic carbocycles. The molecule has 2 aromatic rings. The van der Waals surface area contributed by atoms with E-state index >= 15 is 0 Å². The first-order valence-corrected chi connectivity index (χ1v) is 8.06. The highest BCUT2D eigenvalue weighted by Gasteiger charge is 2.23. The largest absolute Gasteiger partial charge is 0.434 e. The van der Waals surface area contributed by atoms with Gasteiger partial charge < -0.3 is 24.5 Å². The molecule has 1 aliphatic heterocycles. The average Bonchev–Trinajstić information content (AvgIpc) is 3.04. The van der Waals surface area contributed by atoms with Crippen molar-refractivity contribution in [3.8, 4) is 5.75 Å².